The Morgan fingerprint density at radius 2 is 1.61 bits per heavy atom. The first kappa shape index (κ1) is 20.2. The van der Waals surface area contributed by atoms with E-state index in [1.807, 2.05) is 0 Å². The zero-order chi connectivity index (χ0) is 20.1. The minimum atomic E-state index is -3.50. The van der Waals surface area contributed by atoms with Crippen molar-refractivity contribution in [1.82, 2.24) is 4.31 Å². The van der Waals surface area contributed by atoms with Crippen LogP contribution in [0, 0.1) is 0 Å². The molecule has 0 spiro atoms. The first-order valence-electron chi connectivity index (χ1n) is 8.94. The molecule has 2 aromatic carbocycles. The summed E-state index contributed by atoms with van der Waals surface area (Å²) in [6.07, 6.45) is 1.75. The van der Waals surface area contributed by atoms with Crippen LogP contribution in [0.5, 0.6) is 11.5 Å². The fourth-order valence-corrected chi connectivity index (χ4v) is 4.56. The lowest BCUT2D eigenvalue weighted by atomic mass is 10.2. The van der Waals surface area contributed by atoms with Crippen LogP contribution in [0.1, 0.15) is 28.8 Å². The van der Waals surface area contributed by atoms with Crippen molar-refractivity contribution in [2.45, 2.75) is 24.3 Å². The summed E-state index contributed by atoms with van der Waals surface area (Å²) in [5.74, 6) is 0.611. The van der Waals surface area contributed by atoms with Gasteiger partial charge in [-0.15, -0.1) is 0 Å². The molecule has 0 amide bonds. The molecule has 150 valence electrons. The SMILES string of the molecule is COc1ccc(COC(=O)c2ccc(S(=O)(=O)N3CCCC3)cc2)cc1OC. The molecule has 2 aromatic rings. The van der Waals surface area contributed by atoms with E-state index < -0.39 is 16.0 Å². The number of hydrogen-bond acceptors (Lipinski definition) is 6. The highest BCUT2D eigenvalue weighted by Crippen LogP contribution is 2.28. The Morgan fingerprint density at radius 1 is 0.964 bits per heavy atom. The predicted octanol–water partition coefficient (Wildman–Crippen LogP) is 2.85. The van der Waals surface area contributed by atoms with Crippen LogP contribution in [0.3, 0.4) is 0 Å². The third-order valence-corrected chi connectivity index (χ3v) is 6.52. The standard InChI is InChI=1S/C20H23NO6S/c1-25-18-10-5-15(13-19(18)26-2)14-27-20(22)16-6-8-17(9-7-16)28(23,24)21-11-3-4-12-21/h5-10,13H,3-4,11-12,14H2,1-2H3. The number of methoxy groups -OCH3 is 2. The van der Waals surface area contributed by atoms with Gasteiger partial charge in [-0.05, 0) is 54.8 Å². The van der Waals surface area contributed by atoms with Gasteiger partial charge < -0.3 is 14.2 Å². The summed E-state index contributed by atoms with van der Waals surface area (Å²) in [5.41, 5.74) is 1.04. The zero-order valence-electron chi connectivity index (χ0n) is 15.9. The number of ether oxygens (including phenoxy) is 3. The predicted molar refractivity (Wildman–Crippen MR) is 103 cm³/mol. The first-order valence-corrected chi connectivity index (χ1v) is 10.4. The van der Waals surface area contributed by atoms with Gasteiger partial charge >= 0.3 is 5.97 Å². The molecule has 8 heteroatoms. The van der Waals surface area contributed by atoms with Crippen molar-refractivity contribution in [3.05, 3.63) is 53.6 Å². The zero-order valence-corrected chi connectivity index (χ0v) is 16.7. The van der Waals surface area contributed by atoms with E-state index in [1.165, 1.54) is 35.7 Å². The molecule has 0 radical (unpaired) electrons. The molecule has 0 aliphatic carbocycles. The summed E-state index contributed by atoms with van der Waals surface area (Å²) in [6, 6.07) is 11.1. The average molecular weight is 405 g/mol. The summed E-state index contributed by atoms with van der Waals surface area (Å²) in [4.78, 5) is 12.5. The van der Waals surface area contributed by atoms with Gasteiger partial charge in [0.05, 0.1) is 24.7 Å². The molecule has 3 rings (SSSR count). The number of carbonyl (C=O) groups is 1. The lowest BCUT2D eigenvalue weighted by Gasteiger charge is -2.15. The van der Waals surface area contributed by atoms with Crippen molar-refractivity contribution < 1.29 is 27.4 Å². The molecule has 0 bridgehead atoms. The Kier molecular flexibility index (Phi) is 6.21. The van der Waals surface area contributed by atoms with E-state index in [0.29, 0.717) is 30.2 Å². The van der Waals surface area contributed by atoms with Crippen LogP contribution in [0.25, 0.3) is 0 Å². The van der Waals surface area contributed by atoms with Crippen molar-refractivity contribution in [3.63, 3.8) is 0 Å². The monoisotopic (exact) mass is 405 g/mol. The van der Waals surface area contributed by atoms with Crippen LogP contribution in [0.4, 0.5) is 0 Å². The van der Waals surface area contributed by atoms with E-state index in [2.05, 4.69) is 0 Å². The molecule has 7 nitrogen and oxygen atoms in total. The summed E-state index contributed by atoms with van der Waals surface area (Å²) in [5, 5.41) is 0. The maximum Gasteiger partial charge on any atom is 0.338 e. The number of nitrogens with zero attached hydrogens (tertiary/aromatic N) is 1. The van der Waals surface area contributed by atoms with Crippen LogP contribution >= 0.6 is 0 Å². The Balaban J connectivity index is 1.65. The van der Waals surface area contributed by atoms with Gasteiger partial charge in [-0.3, -0.25) is 0 Å². The van der Waals surface area contributed by atoms with E-state index in [0.717, 1.165) is 18.4 Å². The largest absolute Gasteiger partial charge is 0.493 e. The Hall–Kier alpha value is -2.58. The normalized spacial score (nSPS) is 14.6. The van der Waals surface area contributed by atoms with Crippen LogP contribution in [0.2, 0.25) is 0 Å². The van der Waals surface area contributed by atoms with E-state index in [9.17, 15) is 13.2 Å². The molecule has 1 saturated heterocycles. The topological polar surface area (TPSA) is 82.1 Å². The summed E-state index contributed by atoms with van der Waals surface area (Å²) < 4.78 is 42.2. The Bertz CT molecular complexity index is 934. The minimum Gasteiger partial charge on any atom is -0.493 e. The van der Waals surface area contributed by atoms with Gasteiger partial charge in [0.25, 0.3) is 0 Å². The molecular formula is C20H23NO6S. The molecule has 0 aromatic heterocycles. The number of rotatable bonds is 7. The Morgan fingerprint density at radius 3 is 2.21 bits per heavy atom. The molecule has 1 aliphatic heterocycles. The lowest BCUT2D eigenvalue weighted by molar-refractivity contribution is 0.0472. The smallest absolute Gasteiger partial charge is 0.338 e. The maximum atomic E-state index is 12.5. The number of esters is 1. The van der Waals surface area contributed by atoms with Crippen LogP contribution in [-0.2, 0) is 21.4 Å². The highest BCUT2D eigenvalue weighted by atomic mass is 32.2. The lowest BCUT2D eigenvalue weighted by Crippen LogP contribution is -2.27. The third-order valence-electron chi connectivity index (χ3n) is 4.61. The fraction of sp³-hybridized carbons (Fsp3) is 0.350. The molecule has 0 atom stereocenters. The second-order valence-electron chi connectivity index (χ2n) is 6.40. The second kappa shape index (κ2) is 8.62. The number of hydrogen-bond donors (Lipinski definition) is 0. The molecule has 1 fully saturated rings. The van der Waals surface area contributed by atoms with Crippen molar-refractivity contribution in [1.29, 1.82) is 0 Å². The molecule has 0 N–H and O–H groups in total. The minimum absolute atomic E-state index is 0.0625. The van der Waals surface area contributed by atoms with Crippen molar-refractivity contribution in [2.24, 2.45) is 0 Å². The van der Waals surface area contributed by atoms with Gasteiger partial charge in [-0.2, -0.15) is 4.31 Å². The van der Waals surface area contributed by atoms with Gasteiger partial charge in [0, 0.05) is 13.1 Å². The van der Waals surface area contributed by atoms with Gasteiger partial charge in [0.1, 0.15) is 6.61 Å². The van der Waals surface area contributed by atoms with Crippen molar-refractivity contribution in [2.75, 3.05) is 27.3 Å². The molecular weight excluding hydrogens is 382 g/mol. The van der Waals surface area contributed by atoms with Crippen LogP contribution in [0.15, 0.2) is 47.4 Å². The molecule has 0 saturated carbocycles. The van der Waals surface area contributed by atoms with Gasteiger partial charge in [-0.25, -0.2) is 13.2 Å². The molecule has 28 heavy (non-hydrogen) atoms. The first-order chi connectivity index (χ1) is 13.5. The Labute approximate surface area is 164 Å². The third kappa shape index (κ3) is 4.28. The molecule has 1 aliphatic rings. The van der Waals surface area contributed by atoms with E-state index >= 15 is 0 Å². The fourth-order valence-electron chi connectivity index (χ4n) is 3.04. The highest BCUT2D eigenvalue weighted by Gasteiger charge is 2.27. The number of carbonyl (C=O) groups excluding carboxylic acids is 1. The van der Waals surface area contributed by atoms with Gasteiger partial charge in [0.15, 0.2) is 11.5 Å². The maximum absolute atomic E-state index is 12.5. The quantitative estimate of drug-likeness (QED) is 0.659. The number of sulfonamides is 1. The van der Waals surface area contributed by atoms with E-state index in [4.69, 9.17) is 14.2 Å². The van der Waals surface area contributed by atoms with E-state index in [-0.39, 0.29) is 11.5 Å². The number of benzene rings is 2. The van der Waals surface area contributed by atoms with E-state index in [1.54, 1.807) is 25.3 Å². The van der Waals surface area contributed by atoms with Gasteiger partial charge in [0.2, 0.25) is 10.0 Å². The highest BCUT2D eigenvalue weighted by molar-refractivity contribution is 7.89. The average Bonchev–Trinajstić information content (AvgIpc) is 3.27. The van der Waals surface area contributed by atoms with Crippen molar-refractivity contribution >= 4 is 16.0 Å². The molecule has 1 heterocycles. The van der Waals surface area contributed by atoms with Crippen LogP contribution in [-0.4, -0.2) is 46.0 Å². The summed E-state index contributed by atoms with van der Waals surface area (Å²) in [6.45, 7) is 1.14. The summed E-state index contributed by atoms with van der Waals surface area (Å²) >= 11 is 0. The second-order valence-corrected chi connectivity index (χ2v) is 8.34. The summed E-state index contributed by atoms with van der Waals surface area (Å²) in [7, 11) is -0.415. The molecule has 0 unspecified atom stereocenters. The van der Waals surface area contributed by atoms with Crippen molar-refractivity contribution in [3.8, 4) is 11.5 Å². The van der Waals surface area contributed by atoms with Gasteiger partial charge in [-0.1, -0.05) is 6.07 Å². The van der Waals surface area contributed by atoms with Crippen LogP contribution < -0.4 is 9.47 Å².